The Balaban J connectivity index is 2.63. The average molecular weight is 326 g/mol. The van der Waals surface area contributed by atoms with Gasteiger partial charge in [-0.25, -0.2) is 4.79 Å². The number of rotatable bonds is 3. The molecule has 2 aromatic carbocycles. The molecule has 0 spiro atoms. The molecule has 0 unspecified atom stereocenters. The predicted octanol–water partition coefficient (Wildman–Crippen LogP) is 2.78. The van der Waals surface area contributed by atoms with E-state index in [0.29, 0.717) is 4.90 Å². The predicted molar refractivity (Wildman–Crippen MR) is 81.1 cm³/mol. The molecule has 2 aromatic rings. The van der Waals surface area contributed by atoms with E-state index in [-0.39, 0.29) is 21.6 Å². The van der Waals surface area contributed by atoms with Crippen LogP contribution in [0.15, 0.2) is 40.1 Å². The van der Waals surface area contributed by atoms with Crippen molar-refractivity contribution in [3.05, 3.63) is 47.0 Å². The molecule has 0 aliphatic heterocycles. The second-order valence-electron chi connectivity index (χ2n) is 4.31. The summed E-state index contributed by atoms with van der Waals surface area (Å²) < 4.78 is 4.70. The van der Waals surface area contributed by atoms with E-state index in [1.54, 1.807) is 30.3 Å². The van der Waals surface area contributed by atoms with Gasteiger partial charge >= 0.3 is 5.97 Å². The molecule has 0 radical (unpaired) electrons. The first-order valence-corrected chi connectivity index (χ1v) is 7.09. The monoisotopic (exact) mass is 326 g/mol. The molecule has 0 saturated heterocycles. The number of methoxy groups -OCH3 is 1. The Morgan fingerprint density at radius 3 is 2.52 bits per heavy atom. The van der Waals surface area contributed by atoms with Crippen molar-refractivity contribution in [2.75, 3.05) is 7.11 Å². The molecule has 0 atom stereocenters. The van der Waals surface area contributed by atoms with Crippen LogP contribution < -0.4 is 0 Å². The number of hydrogen-bond donors (Lipinski definition) is 2. The van der Waals surface area contributed by atoms with Gasteiger partial charge in [0.25, 0.3) is 0 Å². The van der Waals surface area contributed by atoms with E-state index < -0.39 is 17.5 Å². The molecule has 0 aliphatic rings. The largest absolute Gasteiger partial charge is 0.504 e. The fourth-order valence-corrected chi connectivity index (χ4v) is 2.96. The summed E-state index contributed by atoms with van der Waals surface area (Å²) in [4.78, 5) is 12.4. The van der Waals surface area contributed by atoms with E-state index >= 15 is 0 Å². The molecule has 2 N–H and O–H groups in total. The number of hydrogen-bond acceptors (Lipinski definition) is 7. The number of nitrogens with zero attached hydrogens (tertiary/aromatic N) is 2. The van der Waals surface area contributed by atoms with E-state index in [1.807, 2.05) is 6.07 Å². The van der Waals surface area contributed by atoms with Gasteiger partial charge in [-0.2, -0.15) is 10.5 Å². The number of phenols is 2. The van der Waals surface area contributed by atoms with E-state index in [2.05, 4.69) is 0 Å². The Bertz CT molecular complexity index is 866. The van der Waals surface area contributed by atoms with Gasteiger partial charge in [-0.15, -0.1) is 0 Å². The third-order valence-corrected chi connectivity index (χ3v) is 4.17. The fraction of sp³-hybridized carbons (Fsp3) is 0.0625. The van der Waals surface area contributed by atoms with Crippen molar-refractivity contribution in [3.8, 4) is 23.6 Å². The summed E-state index contributed by atoms with van der Waals surface area (Å²) in [5, 5.41) is 37.8. The van der Waals surface area contributed by atoms with Crippen LogP contribution in [0.5, 0.6) is 11.5 Å². The Labute approximate surface area is 136 Å². The number of nitriles is 2. The zero-order valence-corrected chi connectivity index (χ0v) is 12.7. The number of carbonyl (C=O) groups excluding carboxylic acids is 1. The lowest BCUT2D eigenvalue weighted by molar-refractivity contribution is 0.0597. The van der Waals surface area contributed by atoms with E-state index in [1.165, 1.54) is 7.11 Å². The summed E-state index contributed by atoms with van der Waals surface area (Å²) in [7, 11) is 1.25. The Kier molecular flexibility index (Phi) is 4.75. The second-order valence-corrected chi connectivity index (χ2v) is 5.36. The van der Waals surface area contributed by atoms with Gasteiger partial charge in [0.05, 0.1) is 23.1 Å². The molecule has 7 heteroatoms. The van der Waals surface area contributed by atoms with Crippen molar-refractivity contribution in [3.63, 3.8) is 0 Å². The van der Waals surface area contributed by atoms with Crippen molar-refractivity contribution >= 4 is 17.7 Å². The summed E-state index contributed by atoms with van der Waals surface area (Å²) in [6, 6.07) is 11.2. The van der Waals surface area contributed by atoms with Crippen molar-refractivity contribution in [2.45, 2.75) is 9.79 Å². The van der Waals surface area contributed by atoms with Crippen LogP contribution in [0, 0.1) is 22.7 Å². The summed E-state index contributed by atoms with van der Waals surface area (Å²) >= 11 is 0.966. The molecule has 6 nitrogen and oxygen atoms in total. The number of phenolic OH excluding ortho intramolecular Hbond substituents is 2. The molecule has 0 fully saturated rings. The molecular weight excluding hydrogens is 316 g/mol. The second kappa shape index (κ2) is 6.73. The average Bonchev–Trinajstić information content (AvgIpc) is 2.58. The minimum absolute atomic E-state index is 0.0153. The standard InChI is InChI=1S/C16H10N2O4S/c1-22-16(21)10-4-2-3-5-13(10)23-15-9(7-17)6-12(19)14(20)11(15)8-18/h2-6,19-20H,1H3. The first-order chi connectivity index (χ1) is 11.0. The molecular formula is C16H10N2O4S. The quantitative estimate of drug-likeness (QED) is 0.658. The van der Waals surface area contributed by atoms with Gasteiger partial charge in [-0.05, 0) is 12.1 Å². The SMILES string of the molecule is COC(=O)c1ccccc1Sc1c(C#N)cc(O)c(O)c1C#N. The van der Waals surface area contributed by atoms with Crippen molar-refractivity contribution in [1.29, 1.82) is 10.5 Å². The third kappa shape index (κ3) is 3.05. The topological polar surface area (TPSA) is 114 Å². The number of esters is 1. The van der Waals surface area contributed by atoms with Gasteiger partial charge in [0.2, 0.25) is 0 Å². The van der Waals surface area contributed by atoms with Gasteiger partial charge in [-0.1, -0.05) is 23.9 Å². The molecule has 0 saturated carbocycles. The van der Waals surface area contributed by atoms with Gasteiger partial charge < -0.3 is 14.9 Å². The minimum atomic E-state index is -0.607. The molecule has 0 amide bonds. The Morgan fingerprint density at radius 2 is 1.91 bits per heavy atom. The van der Waals surface area contributed by atoms with Crippen LogP contribution in [-0.4, -0.2) is 23.3 Å². The van der Waals surface area contributed by atoms with E-state index in [9.17, 15) is 25.5 Å². The van der Waals surface area contributed by atoms with Crippen molar-refractivity contribution < 1.29 is 19.7 Å². The molecule has 0 aliphatic carbocycles. The number of ether oxygens (including phenoxy) is 1. The number of benzene rings is 2. The lowest BCUT2D eigenvalue weighted by Gasteiger charge is -2.11. The van der Waals surface area contributed by atoms with Crippen LogP contribution in [-0.2, 0) is 4.74 Å². The highest BCUT2D eigenvalue weighted by molar-refractivity contribution is 7.99. The zero-order chi connectivity index (χ0) is 17.0. The van der Waals surface area contributed by atoms with Gasteiger partial charge in [0, 0.05) is 11.0 Å². The first kappa shape index (κ1) is 16.2. The zero-order valence-electron chi connectivity index (χ0n) is 11.9. The highest BCUT2D eigenvalue weighted by Crippen LogP contribution is 2.42. The normalized spacial score (nSPS) is 9.70. The molecule has 114 valence electrons. The van der Waals surface area contributed by atoms with Crippen molar-refractivity contribution in [2.24, 2.45) is 0 Å². The van der Waals surface area contributed by atoms with Crippen LogP contribution in [0.1, 0.15) is 21.5 Å². The van der Waals surface area contributed by atoms with Gasteiger partial charge in [-0.3, -0.25) is 0 Å². The maximum atomic E-state index is 11.8. The van der Waals surface area contributed by atoms with Gasteiger partial charge in [0.15, 0.2) is 11.5 Å². The van der Waals surface area contributed by atoms with E-state index in [4.69, 9.17) is 4.74 Å². The third-order valence-electron chi connectivity index (χ3n) is 2.97. The molecule has 0 heterocycles. The van der Waals surface area contributed by atoms with Gasteiger partial charge in [0.1, 0.15) is 17.7 Å². The summed E-state index contributed by atoms with van der Waals surface area (Å²) in [6.07, 6.45) is 0. The first-order valence-electron chi connectivity index (χ1n) is 6.27. The van der Waals surface area contributed by atoms with Crippen LogP contribution in [0.2, 0.25) is 0 Å². The van der Waals surface area contributed by atoms with Crippen LogP contribution in [0.4, 0.5) is 0 Å². The van der Waals surface area contributed by atoms with Crippen LogP contribution in [0.3, 0.4) is 0 Å². The van der Waals surface area contributed by atoms with E-state index in [0.717, 1.165) is 17.8 Å². The lowest BCUT2D eigenvalue weighted by atomic mass is 10.1. The fourth-order valence-electron chi connectivity index (χ4n) is 1.88. The maximum Gasteiger partial charge on any atom is 0.339 e. The van der Waals surface area contributed by atoms with Crippen molar-refractivity contribution in [1.82, 2.24) is 0 Å². The summed E-state index contributed by atoms with van der Waals surface area (Å²) in [5.41, 5.74) is 0.0492. The number of carbonyl (C=O) groups is 1. The maximum absolute atomic E-state index is 11.8. The smallest absolute Gasteiger partial charge is 0.339 e. The van der Waals surface area contributed by atoms with Crippen LogP contribution in [0.25, 0.3) is 0 Å². The highest BCUT2D eigenvalue weighted by atomic mass is 32.2. The summed E-state index contributed by atoms with van der Waals surface area (Å²) in [5.74, 6) is -1.72. The molecule has 23 heavy (non-hydrogen) atoms. The minimum Gasteiger partial charge on any atom is -0.504 e. The Hall–Kier alpha value is -3.16. The molecule has 2 rings (SSSR count). The number of aromatic hydroxyl groups is 2. The summed E-state index contributed by atoms with van der Waals surface area (Å²) in [6.45, 7) is 0. The highest BCUT2D eigenvalue weighted by Gasteiger charge is 2.21. The Morgan fingerprint density at radius 1 is 1.22 bits per heavy atom. The molecule has 0 aromatic heterocycles. The molecule has 0 bridgehead atoms. The lowest BCUT2D eigenvalue weighted by Crippen LogP contribution is -2.03. The van der Waals surface area contributed by atoms with Crippen LogP contribution >= 0.6 is 11.8 Å².